The Bertz CT molecular complexity index is 278. The molecule has 2 nitrogen and oxygen atoms in total. The molecule has 1 rings (SSSR count). The second-order valence-corrected chi connectivity index (χ2v) is 3.38. The molecular formula is C11H16FNO. The van der Waals surface area contributed by atoms with Gasteiger partial charge in [-0.3, -0.25) is 4.98 Å². The number of aromatic nitrogens is 1. The molecule has 0 aromatic carbocycles. The summed E-state index contributed by atoms with van der Waals surface area (Å²) < 4.78 is 13.1. The van der Waals surface area contributed by atoms with Gasteiger partial charge in [-0.25, -0.2) is 4.39 Å². The largest absolute Gasteiger partial charge is 0.387 e. The summed E-state index contributed by atoms with van der Waals surface area (Å²) in [5.41, 5.74) is 0.170. The minimum atomic E-state index is -0.761. The van der Waals surface area contributed by atoms with E-state index < -0.39 is 11.9 Å². The molecule has 14 heavy (non-hydrogen) atoms. The SMILES string of the molecule is CCCCCC(O)c1ncccc1F. The van der Waals surface area contributed by atoms with Crippen LogP contribution in [0.1, 0.15) is 44.4 Å². The van der Waals surface area contributed by atoms with Gasteiger partial charge < -0.3 is 5.11 Å². The lowest BCUT2D eigenvalue weighted by Crippen LogP contribution is -2.03. The van der Waals surface area contributed by atoms with E-state index >= 15 is 0 Å². The topological polar surface area (TPSA) is 33.1 Å². The van der Waals surface area contributed by atoms with E-state index in [-0.39, 0.29) is 5.69 Å². The number of aliphatic hydroxyl groups excluding tert-OH is 1. The molecule has 3 heteroatoms. The van der Waals surface area contributed by atoms with Crippen molar-refractivity contribution in [3.05, 3.63) is 29.8 Å². The highest BCUT2D eigenvalue weighted by molar-refractivity contribution is 5.09. The number of pyridine rings is 1. The van der Waals surface area contributed by atoms with Crippen molar-refractivity contribution in [2.24, 2.45) is 0 Å². The van der Waals surface area contributed by atoms with Gasteiger partial charge in [0.25, 0.3) is 0 Å². The summed E-state index contributed by atoms with van der Waals surface area (Å²) in [7, 11) is 0. The van der Waals surface area contributed by atoms with Crippen LogP contribution in [0.2, 0.25) is 0 Å². The fourth-order valence-electron chi connectivity index (χ4n) is 1.37. The van der Waals surface area contributed by atoms with E-state index in [0.29, 0.717) is 6.42 Å². The first-order valence-electron chi connectivity index (χ1n) is 5.04. The number of hydrogen-bond donors (Lipinski definition) is 1. The summed E-state index contributed by atoms with van der Waals surface area (Å²) in [5.74, 6) is -0.420. The molecular weight excluding hydrogens is 181 g/mol. The molecule has 0 radical (unpaired) electrons. The number of hydrogen-bond acceptors (Lipinski definition) is 2. The zero-order chi connectivity index (χ0) is 10.4. The highest BCUT2D eigenvalue weighted by atomic mass is 19.1. The van der Waals surface area contributed by atoms with Gasteiger partial charge in [0.05, 0.1) is 6.10 Å². The fourth-order valence-corrected chi connectivity index (χ4v) is 1.37. The van der Waals surface area contributed by atoms with Crippen LogP contribution in [0.25, 0.3) is 0 Å². The number of aliphatic hydroxyl groups is 1. The molecule has 0 aliphatic heterocycles. The highest BCUT2D eigenvalue weighted by Crippen LogP contribution is 2.19. The van der Waals surface area contributed by atoms with Crippen molar-refractivity contribution in [3.8, 4) is 0 Å². The average Bonchev–Trinajstić information content (AvgIpc) is 2.18. The second-order valence-electron chi connectivity index (χ2n) is 3.38. The van der Waals surface area contributed by atoms with Gasteiger partial charge in [0, 0.05) is 6.20 Å². The van der Waals surface area contributed by atoms with Crippen molar-refractivity contribution in [1.82, 2.24) is 4.98 Å². The van der Waals surface area contributed by atoms with Crippen LogP contribution in [0.3, 0.4) is 0 Å². The van der Waals surface area contributed by atoms with Crippen molar-refractivity contribution in [2.75, 3.05) is 0 Å². The lowest BCUT2D eigenvalue weighted by Gasteiger charge is -2.09. The normalized spacial score (nSPS) is 12.8. The Hall–Kier alpha value is -0.960. The molecule has 0 aliphatic carbocycles. The van der Waals surface area contributed by atoms with Crippen molar-refractivity contribution < 1.29 is 9.50 Å². The Morgan fingerprint density at radius 2 is 2.29 bits per heavy atom. The van der Waals surface area contributed by atoms with Gasteiger partial charge in [-0.1, -0.05) is 26.2 Å². The summed E-state index contributed by atoms with van der Waals surface area (Å²) in [5, 5.41) is 9.63. The van der Waals surface area contributed by atoms with E-state index in [2.05, 4.69) is 11.9 Å². The maximum atomic E-state index is 13.1. The van der Waals surface area contributed by atoms with Crippen LogP contribution in [0.15, 0.2) is 18.3 Å². The lowest BCUT2D eigenvalue weighted by atomic mass is 10.1. The van der Waals surface area contributed by atoms with Crippen LogP contribution < -0.4 is 0 Å². The predicted octanol–water partition coefficient (Wildman–Crippen LogP) is 2.83. The van der Waals surface area contributed by atoms with Crippen LogP contribution in [0, 0.1) is 5.82 Å². The third-order valence-electron chi connectivity index (χ3n) is 2.18. The van der Waals surface area contributed by atoms with E-state index in [0.717, 1.165) is 19.3 Å². The number of halogens is 1. The van der Waals surface area contributed by atoms with E-state index in [1.54, 1.807) is 0 Å². The summed E-state index contributed by atoms with van der Waals surface area (Å²) in [6.45, 7) is 2.09. The van der Waals surface area contributed by atoms with Crippen LogP contribution >= 0.6 is 0 Å². The first kappa shape index (κ1) is 11.1. The van der Waals surface area contributed by atoms with Crippen molar-refractivity contribution >= 4 is 0 Å². The van der Waals surface area contributed by atoms with Gasteiger partial charge in [-0.05, 0) is 18.6 Å². The van der Waals surface area contributed by atoms with Crippen molar-refractivity contribution in [1.29, 1.82) is 0 Å². The van der Waals surface area contributed by atoms with Gasteiger partial charge in [0.15, 0.2) is 0 Å². The monoisotopic (exact) mass is 197 g/mol. The van der Waals surface area contributed by atoms with Crippen LogP contribution in [-0.4, -0.2) is 10.1 Å². The van der Waals surface area contributed by atoms with Crippen molar-refractivity contribution in [3.63, 3.8) is 0 Å². The highest BCUT2D eigenvalue weighted by Gasteiger charge is 2.12. The summed E-state index contributed by atoms with van der Waals surface area (Å²) in [6.07, 6.45) is 4.39. The zero-order valence-electron chi connectivity index (χ0n) is 8.41. The predicted molar refractivity (Wildman–Crippen MR) is 53.3 cm³/mol. The third kappa shape index (κ3) is 3.07. The molecule has 0 amide bonds. The minimum absolute atomic E-state index is 0.170. The molecule has 1 aromatic heterocycles. The summed E-state index contributed by atoms with van der Waals surface area (Å²) >= 11 is 0. The maximum Gasteiger partial charge on any atom is 0.147 e. The Morgan fingerprint density at radius 1 is 1.50 bits per heavy atom. The van der Waals surface area contributed by atoms with Gasteiger partial charge in [0.2, 0.25) is 0 Å². The molecule has 1 N–H and O–H groups in total. The molecule has 1 heterocycles. The Labute approximate surface area is 83.8 Å². The van der Waals surface area contributed by atoms with Gasteiger partial charge >= 0.3 is 0 Å². The van der Waals surface area contributed by atoms with E-state index in [4.69, 9.17) is 0 Å². The quantitative estimate of drug-likeness (QED) is 0.736. The van der Waals surface area contributed by atoms with E-state index in [9.17, 15) is 9.50 Å². The number of unbranched alkanes of at least 4 members (excludes halogenated alkanes) is 2. The molecule has 0 saturated carbocycles. The Morgan fingerprint density at radius 3 is 2.93 bits per heavy atom. The van der Waals surface area contributed by atoms with E-state index in [1.807, 2.05) is 0 Å². The first-order chi connectivity index (χ1) is 6.75. The van der Waals surface area contributed by atoms with Gasteiger partial charge in [-0.15, -0.1) is 0 Å². The van der Waals surface area contributed by atoms with Crippen LogP contribution in [0.4, 0.5) is 4.39 Å². The molecule has 0 saturated heterocycles. The fraction of sp³-hybridized carbons (Fsp3) is 0.545. The van der Waals surface area contributed by atoms with Crippen molar-refractivity contribution in [2.45, 2.75) is 38.7 Å². The van der Waals surface area contributed by atoms with Crippen LogP contribution in [0.5, 0.6) is 0 Å². The van der Waals surface area contributed by atoms with E-state index in [1.165, 1.54) is 18.3 Å². The molecule has 1 aromatic rings. The van der Waals surface area contributed by atoms with Crippen LogP contribution in [-0.2, 0) is 0 Å². The average molecular weight is 197 g/mol. The maximum absolute atomic E-state index is 13.1. The standard InChI is InChI=1S/C11H16FNO/c1-2-3-4-7-10(14)11-9(12)6-5-8-13-11/h5-6,8,10,14H,2-4,7H2,1H3. The smallest absolute Gasteiger partial charge is 0.147 e. The number of nitrogens with zero attached hydrogens (tertiary/aromatic N) is 1. The first-order valence-corrected chi connectivity index (χ1v) is 5.04. The molecule has 1 atom stereocenters. The molecule has 0 spiro atoms. The molecule has 0 fully saturated rings. The van der Waals surface area contributed by atoms with Gasteiger partial charge in [-0.2, -0.15) is 0 Å². The number of rotatable bonds is 5. The summed E-state index contributed by atoms with van der Waals surface area (Å²) in [6, 6.07) is 2.85. The summed E-state index contributed by atoms with van der Waals surface area (Å²) in [4.78, 5) is 3.83. The zero-order valence-corrected chi connectivity index (χ0v) is 8.41. The molecule has 78 valence electrons. The molecule has 0 aliphatic rings. The molecule has 1 unspecified atom stereocenters. The third-order valence-corrected chi connectivity index (χ3v) is 2.18. The second kappa shape index (κ2) is 5.70. The Balaban J connectivity index is 2.51. The van der Waals surface area contributed by atoms with Gasteiger partial charge in [0.1, 0.15) is 11.5 Å². The Kier molecular flexibility index (Phi) is 4.53. The molecule has 0 bridgehead atoms. The minimum Gasteiger partial charge on any atom is -0.387 e. The lowest BCUT2D eigenvalue weighted by molar-refractivity contribution is 0.154.